The Morgan fingerprint density at radius 1 is 1.09 bits per heavy atom. The lowest BCUT2D eigenvalue weighted by molar-refractivity contribution is 0.0743. The molecule has 1 aromatic heterocycles. The number of aryl methyl sites for hydroxylation is 1. The van der Waals surface area contributed by atoms with Gasteiger partial charge in [0, 0.05) is 42.6 Å². The Morgan fingerprint density at radius 2 is 1.74 bits per heavy atom. The van der Waals surface area contributed by atoms with Gasteiger partial charge < -0.3 is 14.9 Å². The molecule has 23 heavy (non-hydrogen) atoms. The molecule has 1 fully saturated rings. The monoisotopic (exact) mass is 331 g/mol. The second-order valence-electron chi connectivity index (χ2n) is 5.58. The van der Waals surface area contributed by atoms with E-state index in [2.05, 4.69) is 9.88 Å². The SMILES string of the molecule is Cc1ccc(C(=O)N2CCN(c3ccc(Cl)cc3)CC2)c(O)n1. The number of amides is 1. The van der Waals surface area contributed by atoms with Gasteiger partial charge in [-0.25, -0.2) is 4.98 Å². The van der Waals surface area contributed by atoms with Crippen LogP contribution >= 0.6 is 11.6 Å². The number of hydrogen-bond acceptors (Lipinski definition) is 4. The van der Waals surface area contributed by atoms with Crippen LogP contribution in [0.4, 0.5) is 5.69 Å². The van der Waals surface area contributed by atoms with Crippen LogP contribution in [0.3, 0.4) is 0 Å². The summed E-state index contributed by atoms with van der Waals surface area (Å²) in [5.41, 5.74) is 2.04. The van der Waals surface area contributed by atoms with Crippen LogP contribution in [-0.4, -0.2) is 47.1 Å². The van der Waals surface area contributed by atoms with Crippen molar-refractivity contribution < 1.29 is 9.90 Å². The Bertz CT molecular complexity index is 710. The number of carbonyl (C=O) groups is 1. The number of halogens is 1. The first kappa shape index (κ1) is 15.6. The lowest BCUT2D eigenvalue weighted by atomic mass is 10.2. The number of benzene rings is 1. The maximum absolute atomic E-state index is 12.5. The van der Waals surface area contributed by atoms with Crippen molar-refractivity contribution >= 4 is 23.2 Å². The zero-order valence-electron chi connectivity index (χ0n) is 12.9. The van der Waals surface area contributed by atoms with Crippen molar-refractivity contribution in [1.29, 1.82) is 0 Å². The van der Waals surface area contributed by atoms with Crippen molar-refractivity contribution in [3.63, 3.8) is 0 Å². The van der Waals surface area contributed by atoms with Gasteiger partial charge in [0.25, 0.3) is 5.91 Å². The number of nitrogens with zero attached hydrogens (tertiary/aromatic N) is 3. The van der Waals surface area contributed by atoms with E-state index in [0.29, 0.717) is 23.8 Å². The van der Waals surface area contributed by atoms with Gasteiger partial charge in [-0.15, -0.1) is 0 Å². The Balaban J connectivity index is 1.66. The van der Waals surface area contributed by atoms with E-state index in [4.69, 9.17) is 11.6 Å². The molecular weight excluding hydrogens is 314 g/mol. The molecule has 1 amide bonds. The van der Waals surface area contributed by atoms with Crippen molar-refractivity contribution in [2.24, 2.45) is 0 Å². The van der Waals surface area contributed by atoms with E-state index in [-0.39, 0.29) is 17.4 Å². The predicted octanol–water partition coefficient (Wildman–Crippen LogP) is 2.71. The molecule has 0 unspecified atom stereocenters. The summed E-state index contributed by atoms with van der Waals surface area (Å²) in [7, 11) is 0. The minimum absolute atomic E-state index is 0.175. The Kier molecular flexibility index (Phi) is 4.39. The highest BCUT2D eigenvalue weighted by Crippen LogP contribution is 2.21. The molecule has 0 saturated carbocycles. The molecule has 0 spiro atoms. The van der Waals surface area contributed by atoms with E-state index >= 15 is 0 Å². The zero-order chi connectivity index (χ0) is 16.4. The first-order valence-corrected chi connectivity index (χ1v) is 7.89. The number of piperazine rings is 1. The summed E-state index contributed by atoms with van der Waals surface area (Å²) in [4.78, 5) is 20.4. The van der Waals surface area contributed by atoms with E-state index < -0.39 is 0 Å². The molecule has 1 aliphatic heterocycles. The minimum atomic E-state index is -0.199. The Labute approximate surface area is 140 Å². The maximum atomic E-state index is 12.5. The third kappa shape index (κ3) is 3.40. The summed E-state index contributed by atoms with van der Waals surface area (Å²) in [6, 6.07) is 11.1. The average Bonchev–Trinajstić information content (AvgIpc) is 2.55. The summed E-state index contributed by atoms with van der Waals surface area (Å²) in [5, 5.41) is 10.6. The topological polar surface area (TPSA) is 56.7 Å². The fourth-order valence-electron chi connectivity index (χ4n) is 2.70. The van der Waals surface area contributed by atoms with Gasteiger partial charge in [0.15, 0.2) is 0 Å². The molecule has 0 atom stereocenters. The van der Waals surface area contributed by atoms with Gasteiger partial charge in [-0.3, -0.25) is 4.79 Å². The highest BCUT2D eigenvalue weighted by Gasteiger charge is 2.24. The van der Waals surface area contributed by atoms with Crippen molar-refractivity contribution in [3.05, 3.63) is 52.7 Å². The quantitative estimate of drug-likeness (QED) is 0.919. The van der Waals surface area contributed by atoms with E-state index in [1.807, 2.05) is 24.3 Å². The van der Waals surface area contributed by atoms with Crippen LogP contribution in [0.2, 0.25) is 5.02 Å². The van der Waals surface area contributed by atoms with Crippen LogP contribution in [0.25, 0.3) is 0 Å². The van der Waals surface area contributed by atoms with Crippen molar-refractivity contribution in [2.75, 3.05) is 31.1 Å². The number of pyridine rings is 1. The van der Waals surface area contributed by atoms with Crippen LogP contribution in [0.1, 0.15) is 16.1 Å². The largest absolute Gasteiger partial charge is 0.493 e. The van der Waals surface area contributed by atoms with E-state index in [1.54, 1.807) is 24.0 Å². The predicted molar refractivity (Wildman–Crippen MR) is 90.2 cm³/mol. The van der Waals surface area contributed by atoms with E-state index in [0.717, 1.165) is 18.8 Å². The number of hydrogen-bond donors (Lipinski definition) is 1. The van der Waals surface area contributed by atoms with Gasteiger partial charge in [0.1, 0.15) is 5.56 Å². The van der Waals surface area contributed by atoms with E-state index in [9.17, 15) is 9.90 Å². The number of aromatic hydroxyl groups is 1. The van der Waals surface area contributed by atoms with Gasteiger partial charge in [-0.2, -0.15) is 0 Å². The van der Waals surface area contributed by atoms with Crippen molar-refractivity contribution in [2.45, 2.75) is 6.92 Å². The summed E-state index contributed by atoms with van der Waals surface area (Å²) in [6.07, 6.45) is 0. The Hall–Kier alpha value is -2.27. The summed E-state index contributed by atoms with van der Waals surface area (Å²) < 4.78 is 0. The van der Waals surface area contributed by atoms with Crippen LogP contribution in [0.15, 0.2) is 36.4 Å². The molecule has 0 aliphatic carbocycles. The van der Waals surface area contributed by atoms with Gasteiger partial charge in [-0.05, 0) is 43.3 Å². The number of carbonyl (C=O) groups excluding carboxylic acids is 1. The maximum Gasteiger partial charge on any atom is 0.259 e. The normalized spacial score (nSPS) is 14.9. The molecule has 0 bridgehead atoms. The van der Waals surface area contributed by atoms with Crippen LogP contribution in [0.5, 0.6) is 5.88 Å². The molecular formula is C17H18ClN3O2. The van der Waals surface area contributed by atoms with Gasteiger partial charge >= 0.3 is 0 Å². The molecule has 1 saturated heterocycles. The van der Waals surface area contributed by atoms with Gasteiger partial charge in [0.05, 0.1) is 0 Å². The number of rotatable bonds is 2. The average molecular weight is 332 g/mol. The van der Waals surface area contributed by atoms with Gasteiger partial charge in [0.2, 0.25) is 5.88 Å². The van der Waals surface area contributed by atoms with E-state index in [1.165, 1.54) is 0 Å². The van der Waals surface area contributed by atoms with Crippen molar-refractivity contribution in [3.8, 4) is 5.88 Å². The molecule has 0 radical (unpaired) electrons. The number of aromatic nitrogens is 1. The van der Waals surface area contributed by atoms with Gasteiger partial charge in [-0.1, -0.05) is 11.6 Å². The fraction of sp³-hybridized carbons (Fsp3) is 0.294. The molecule has 1 aliphatic rings. The Morgan fingerprint density at radius 3 is 2.35 bits per heavy atom. The molecule has 1 N–H and O–H groups in total. The third-order valence-electron chi connectivity index (χ3n) is 4.00. The summed E-state index contributed by atoms with van der Waals surface area (Å²) in [6.45, 7) is 4.48. The molecule has 6 heteroatoms. The van der Waals surface area contributed by atoms with Crippen LogP contribution < -0.4 is 4.90 Å². The smallest absolute Gasteiger partial charge is 0.259 e. The second kappa shape index (κ2) is 6.46. The standard InChI is InChI=1S/C17H18ClN3O2/c1-12-2-7-15(16(22)19-12)17(23)21-10-8-20(9-11-21)14-5-3-13(18)4-6-14/h2-7H,8-11H2,1H3,(H,19,22). The molecule has 120 valence electrons. The molecule has 2 aromatic rings. The van der Waals surface area contributed by atoms with Crippen LogP contribution in [0, 0.1) is 6.92 Å². The lowest BCUT2D eigenvalue weighted by Gasteiger charge is -2.36. The third-order valence-corrected chi connectivity index (χ3v) is 4.26. The fourth-order valence-corrected chi connectivity index (χ4v) is 2.83. The van der Waals surface area contributed by atoms with Crippen LogP contribution in [-0.2, 0) is 0 Å². The zero-order valence-corrected chi connectivity index (χ0v) is 13.6. The summed E-state index contributed by atoms with van der Waals surface area (Å²) >= 11 is 5.91. The first-order valence-electron chi connectivity index (χ1n) is 7.51. The molecule has 2 heterocycles. The highest BCUT2D eigenvalue weighted by molar-refractivity contribution is 6.30. The first-order chi connectivity index (χ1) is 11.0. The molecule has 1 aromatic carbocycles. The highest BCUT2D eigenvalue weighted by atomic mass is 35.5. The second-order valence-corrected chi connectivity index (χ2v) is 6.02. The van der Waals surface area contributed by atoms with Crippen molar-refractivity contribution in [1.82, 2.24) is 9.88 Å². The number of anilines is 1. The summed E-state index contributed by atoms with van der Waals surface area (Å²) in [5.74, 6) is -0.374. The molecule has 5 nitrogen and oxygen atoms in total. The minimum Gasteiger partial charge on any atom is -0.493 e. The molecule has 3 rings (SSSR count). The lowest BCUT2D eigenvalue weighted by Crippen LogP contribution is -2.48.